The molecule has 5 heteroatoms. The van der Waals surface area contributed by atoms with Crippen molar-refractivity contribution in [2.45, 2.75) is 18.9 Å². The highest BCUT2D eigenvalue weighted by Crippen LogP contribution is 2.22. The van der Waals surface area contributed by atoms with Crippen LogP contribution in [0.5, 0.6) is 5.75 Å². The molecule has 0 bridgehead atoms. The summed E-state index contributed by atoms with van der Waals surface area (Å²) >= 11 is 0. The maximum atomic E-state index is 12.5. The Balaban J connectivity index is 1.94. The number of para-hydroxylation sites is 1. The van der Waals surface area contributed by atoms with E-state index in [1.165, 1.54) is 0 Å². The summed E-state index contributed by atoms with van der Waals surface area (Å²) in [5.74, 6) is 0.610. The zero-order valence-electron chi connectivity index (χ0n) is 11.7. The van der Waals surface area contributed by atoms with Crippen LogP contribution in [0.15, 0.2) is 24.3 Å². The van der Waals surface area contributed by atoms with Gasteiger partial charge in [-0.2, -0.15) is 0 Å². The highest BCUT2D eigenvalue weighted by Gasteiger charge is 2.25. The molecule has 0 atom stereocenters. The molecule has 1 N–H and O–H groups in total. The van der Waals surface area contributed by atoms with Crippen molar-refractivity contribution in [2.75, 3.05) is 33.4 Å². The Kier molecular flexibility index (Phi) is 5.38. The molecule has 0 aromatic heterocycles. The third-order valence-electron chi connectivity index (χ3n) is 3.51. The van der Waals surface area contributed by atoms with Crippen LogP contribution in [-0.4, -0.2) is 55.4 Å². The minimum absolute atomic E-state index is 0.00283. The number of carbonyl (C=O) groups excluding carboxylic acids is 1. The van der Waals surface area contributed by atoms with Crippen LogP contribution in [0.4, 0.5) is 0 Å². The number of nitrogens with zero attached hydrogens (tertiary/aromatic N) is 1. The van der Waals surface area contributed by atoms with Gasteiger partial charge in [-0.25, -0.2) is 0 Å². The molecule has 1 aromatic carbocycles. The van der Waals surface area contributed by atoms with Gasteiger partial charge in [-0.05, 0) is 25.0 Å². The summed E-state index contributed by atoms with van der Waals surface area (Å²) in [4.78, 5) is 14.3. The number of hydrogen-bond acceptors (Lipinski definition) is 4. The van der Waals surface area contributed by atoms with E-state index in [9.17, 15) is 4.79 Å². The van der Waals surface area contributed by atoms with E-state index in [1.54, 1.807) is 19.2 Å². The number of benzene rings is 1. The molecule has 0 aliphatic carbocycles. The predicted octanol–water partition coefficient (Wildman–Crippen LogP) is 1.31. The zero-order valence-corrected chi connectivity index (χ0v) is 11.7. The molecule has 1 heterocycles. The fraction of sp³-hybridized carbons (Fsp3) is 0.533. The normalized spacial score (nSPS) is 16.2. The Morgan fingerprint density at radius 3 is 2.70 bits per heavy atom. The summed E-state index contributed by atoms with van der Waals surface area (Å²) in [5.41, 5.74) is 0.602. The molecule has 0 spiro atoms. The highest BCUT2D eigenvalue weighted by atomic mass is 16.5. The van der Waals surface area contributed by atoms with Crippen LogP contribution in [0, 0.1) is 0 Å². The summed E-state index contributed by atoms with van der Waals surface area (Å²) in [7, 11) is 1.57. The summed E-state index contributed by atoms with van der Waals surface area (Å²) in [5, 5.41) is 8.74. The van der Waals surface area contributed by atoms with Crippen molar-refractivity contribution in [1.29, 1.82) is 0 Å². The Labute approximate surface area is 119 Å². The smallest absolute Gasteiger partial charge is 0.257 e. The van der Waals surface area contributed by atoms with Gasteiger partial charge in [0.1, 0.15) is 5.75 Å². The molecular formula is C15H21NO4. The Morgan fingerprint density at radius 1 is 1.35 bits per heavy atom. The second kappa shape index (κ2) is 7.26. The Morgan fingerprint density at radius 2 is 2.05 bits per heavy atom. The van der Waals surface area contributed by atoms with Gasteiger partial charge in [-0.3, -0.25) is 4.79 Å². The number of ether oxygens (including phenoxy) is 2. The van der Waals surface area contributed by atoms with Gasteiger partial charge in [0.05, 0.1) is 32.0 Å². The third kappa shape index (κ3) is 3.49. The van der Waals surface area contributed by atoms with Crippen molar-refractivity contribution in [3.63, 3.8) is 0 Å². The number of carbonyl (C=O) groups is 1. The molecule has 2 rings (SSSR count). The van der Waals surface area contributed by atoms with Crippen LogP contribution in [0.1, 0.15) is 23.2 Å². The second-order valence-corrected chi connectivity index (χ2v) is 4.79. The first-order chi connectivity index (χ1) is 9.76. The Hall–Kier alpha value is -1.59. The number of amides is 1. The van der Waals surface area contributed by atoms with E-state index in [0.29, 0.717) is 31.0 Å². The van der Waals surface area contributed by atoms with E-state index in [0.717, 1.165) is 12.8 Å². The van der Waals surface area contributed by atoms with Crippen LogP contribution >= 0.6 is 0 Å². The molecular weight excluding hydrogens is 258 g/mol. The standard InChI is InChI=1S/C15H21NO4/c1-19-14-5-3-2-4-13(14)15(18)16-8-6-12(7-9-16)20-11-10-17/h2-5,12,17H,6-11H2,1H3. The van der Waals surface area contributed by atoms with Gasteiger partial charge in [0.25, 0.3) is 5.91 Å². The predicted molar refractivity (Wildman–Crippen MR) is 75.0 cm³/mol. The van der Waals surface area contributed by atoms with Crippen LogP contribution in [0.25, 0.3) is 0 Å². The minimum atomic E-state index is 0.00283. The first-order valence-corrected chi connectivity index (χ1v) is 6.91. The molecule has 1 aliphatic heterocycles. The zero-order chi connectivity index (χ0) is 14.4. The van der Waals surface area contributed by atoms with E-state index < -0.39 is 0 Å². The second-order valence-electron chi connectivity index (χ2n) is 4.79. The molecule has 20 heavy (non-hydrogen) atoms. The molecule has 1 saturated heterocycles. The van der Waals surface area contributed by atoms with E-state index in [4.69, 9.17) is 14.6 Å². The van der Waals surface area contributed by atoms with Gasteiger partial charge in [-0.15, -0.1) is 0 Å². The first-order valence-electron chi connectivity index (χ1n) is 6.91. The Bertz CT molecular complexity index is 441. The van der Waals surface area contributed by atoms with Crippen LogP contribution in [0.3, 0.4) is 0 Å². The molecule has 1 fully saturated rings. The largest absolute Gasteiger partial charge is 0.496 e. The summed E-state index contributed by atoms with van der Waals surface area (Å²) in [6.07, 6.45) is 1.76. The fourth-order valence-electron chi connectivity index (χ4n) is 2.44. The third-order valence-corrected chi connectivity index (χ3v) is 3.51. The number of methoxy groups -OCH3 is 1. The van der Waals surface area contributed by atoms with Crippen molar-refractivity contribution < 1.29 is 19.4 Å². The molecule has 0 unspecified atom stereocenters. The van der Waals surface area contributed by atoms with E-state index >= 15 is 0 Å². The lowest BCUT2D eigenvalue weighted by Gasteiger charge is -2.32. The average molecular weight is 279 g/mol. The van der Waals surface area contributed by atoms with Crippen LogP contribution in [-0.2, 0) is 4.74 Å². The number of aliphatic hydroxyl groups is 1. The van der Waals surface area contributed by atoms with Crippen molar-refractivity contribution in [3.8, 4) is 5.75 Å². The van der Waals surface area contributed by atoms with Crippen LogP contribution < -0.4 is 4.74 Å². The number of likely N-dealkylation sites (tertiary alicyclic amines) is 1. The number of piperidine rings is 1. The van der Waals surface area contributed by atoms with Gasteiger partial charge in [0.15, 0.2) is 0 Å². The average Bonchev–Trinajstić information content (AvgIpc) is 2.52. The number of aliphatic hydroxyl groups excluding tert-OH is 1. The van der Waals surface area contributed by atoms with E-state index in [-0.39, 0.29) is 18.6 Å². The summed E-state index contributed by atoms with van der Waals surface area (Å²) in [6.45, 7) is 1.76. The van der Waals surface area contributed by atoms with Gasteiger partial charge in [-0.1, -0.05) is 12.1 Å². The number of hydrogen-bond donors (Lipinski definition) is 1. The van der Waals surface area contributed by atoms with Crippen molar-refractivity contribution >= 4 is 5.91 Å². The quantitative estimate of drug-likeness (QED) is 0.883. The van der Waals surface area contributed by atoms with Crippen molar-refractivity contribution in [1.82, 2.24) is 4.90 Å². The highest BCUT2D eigenvalue weighted by molar-refractivity contribution is 5.97. The maximum Gasteiger partial charge on any atom is 0.257 e. The monoisotopic (exact) mass is 279 g/mol. The molecule has 110 valence electrons. The molecule has 1 amide bonds. The van der Waals surface area contributed by atoms with Gasteiger partial charge in [0, 0.05) is 13.1 Å². The first kappa shape index (κ1) is 14.8. The molecule has 1 aliphatic rings. The number of rotatable bonds is 5. The van der Waals surface area contributed by atoms with Gasteiger partial charge < -0.3 is 19.5 Å². The van der Waals surface area contributed by atoms with Crippen LogP contribution in [0.2, 0.25) is 0 Å². The van der Waals surface area contributed by atoms with E-state index in [1.807, 2.05) is 17.0 Å². The molecule has 1 aromatic rings. The summed E-state index contributed by atoms with van der Waals surface area (Å²) in [6, 6.07) is 7.28. The van der Waals surface area contributed by atoms with Crippen molar-refractivity contribution in [2.24, 2.45) is 0 Å². The van der Waals surface area contributed by atoms with E-state index in [2.05, 4.69) is 0 Å². The maximum absolute atomic E-state index is 12.5. The molecule has 5 nitrogen and oxygen atoms in total. The SMILES string of the molecule is COc1ccccc1C(=O)N1CCC(OCCO)CC1. The van der Waals surface area contributed by atoms with Gasteiger partial charge >= 0.3 is 0 Å². The minimum Gasteiger partial charge on any atom is -0.496 e. The fourth-order valence-corrected chi connectivity index (χ4v) is 2.44. The lowest BCUT2D eigenvalue weighted by Crippen LogP contribution is -2.41. The van der Waals surface area contributed by atoms with Gasteiger partial charge in [0.2, 0.25) is 0 Å². The lowest BCUT2D eigenvalue weighted by molar-refractivity contribution is -0.00558. The summed E-state index contributed by atoms with van der Waals surface area (Å²) < 4.78 is 10.7. The topological polar surface area (TPSA) is 59.0 Å². The molecule has 0 saturated carbocycles. The van der Waals surface area contributed by atoms with Crippen molar-refractivity contribution in [3.05, 3.63) is 29.8 Å². The lowest BCUT2D eigenvalue weighted by atomic mass is 10.1. The molecule has 0 radical (unpaired) electrons.